The summed E-state index contributed by atoms with van der Waals surface area (Å²) in [5, 5.41) is 11.0. The summed E-state index contributed by atoms with van der Waals surface area (Å²) in [5.41, 5.74) is 1.44. The van der Waals surface area contributed by atoms with Crippen molar-refractivity contribution in [3.8, 4) is 11.1 Å². The molecule has 3 N–H and O–H groups in total. The topological polar surface area (TPSA) is 78.4 Å². The van der Waals surface area contributed by atoms with E-state index in [9.17, 15) is 22.8 Å². The molecule has 3 aromatic rings. The van der Waals surface area contributed by atoms with Crippen molar-refractivity contribution in [1.82, 2.24) is 5.48 Å². The van der Waals surface area contributed by atoms with Gasteiger partial charge in [-0.2, -0.15) is 13.2 Å². The average molecular weight is 426 g/mol. The monoisotopic (exact) mass is 426 g/mol. The number of carbonyl (C=O) groups is 2. The van der Waals surface area contributed by atoms with Gasteiger partial charge in [0.05, 0.1) is 5.56 Å². The lowest BCUT2D eigenvalue weighted by molar-refractivity contribution is -0.137. The molecular formula is C23H17F3N2O3. The Labute approximate surface area is 175 Å². The van der Waals surface area contributed by atoms with E-state index in [1.165, 1.54) is 29.8 Å². The molecule has 158 valence electrons. The number of hydrogen-bond donors (Lipinski definition) is 3. The van der Waals surface area contributed by atoms with Crippen LogP contribution in [-0.4, -0.2) is 17.0 Å². The third-order valence-corrected chi connectivity index (χ3v) is 4.40. The standard InChI is InChI=1S/C23H17F3N2O3/c24-23(25,26)20-14-17(11-12-18(20)15-6-2-1-3-7-15)27-22(30)19-9-5-4-8-16(19)10-13-21(29)28-31/h1-14,31H,(H,27,30)(H,28,29). The molecule has 0 heterocycles. The van der Waals surface area contributed by atoms with Crippen molar-refractivity contribution in [1.29, 1.82) is 0 Å². The first-order valence-electron chi connectivity index (χ1n) is 9.09. The van der Waals surface area contributed by atoms with E-state index in [2.05, 4.69) is 5.32 Å². The Balaban J connectivity index is 1.93. The molecule has 0 aliphatic heterocycles. The Morgan fingerprint density at radius 1 is 0.903 bits per heavy atom. The minimum Gasteiger partial charge on any atom is -0.322 e. The van der Waals surface area contributed by atoms with Gasteiger partial charge in [0, 0.05) is 17.3 Å². The third-order valence-electron chi connectivity index (χ3n) is 4.40. The van der Waals surface area contributed by atoms with Crippen LogP contribution in [0.2, 0.25) is 0 Å². The maximum atomic E-state index is 13.7. The van der Waals surface area contributed by atoms with E-state index < -0.39 is 23.6 Å². The summed E-state index contributed by atoms with van der Waals surface area (Å²) >= 11 is 0. The Morgan fingerprint density at radius 3 is 2.26 bits per heavy atom. The number of halogens is 3. The van der Waals surface area contributed by atoms with Crippen molar-refractivity contribution in [2.75, 3.05) is 5.32 Å². The second kappa shape index (κ2) is 9.27. The SMILES string of the molecule is O=C(C=Cc1ccccc1C(=O)Nc1ccc(-c2ccccc2)c(C(F)(F)F)c1)NO. The van der Waals surface area contributed by atoms with Crippen LogP contribution in [0.1, 0.15) is 21.5 Å². The Morgan fingerprint density at radius 2 is 1.58 bits per heavy atom. The predicted molar refractivity (Wildman–Crippen MR) is 110 cm³/mol. The summed E-state index contributed by atoms with van der Waals surface area (Å²) in [6, 6.07) is 18.0. The third kappa shape index (κ3) is 5.37. The van der Waals surface area contributed by atoms with Crippen LogP contribution in [0.5, 0.6) is 0 Å². The highest BCUT2D eigenvalue weighted by Gasteiger charge is 2.34. The zero-order valence-corrected chi connectivity index (χ0v) is 16.0. The maximum Gasteiger partial charge on any atom is 0.417 e. The first-order valence-corrected chi connectivity index (χ1v) is 9.09. The summed E-state index contributed by atoms with van der Waals surface area (Å²) in [7, 11) is 0. The van der Waals surface area contributed by atoms with E-state index in [1.54, 1.807) is 48.5 Å². The van der Waals surface area contributed by atoms with Gasteiger partial charge in [-0.1, -0.05) is 54.6 Å². The number of alkyl halides is 3. The smallest absolute Gasteiger partial charge is 0.322 e. The summed E-state index contributed by atoms with van der Waals surface area (Å²) in [6.07, 6.45) is -2.30. The number of anilines is 1. The molecule has 0 spiro atoms. The highest BCUT2D eigenvalue weighted by molar-refractivity contribution is 6.07. The highest BCUT2D eigenvalue weighted by Crippen LogP contribution is 2.38. The fourth-order valence-electron chi connectivity index (χ4n) is 2.98. The molecule has 0 radical (unpaired) electrons. The Bertz CT molecular complexity index is 1130. The molecule has 31 heavy (non-hydrogen) atoms. The molecule has 2 amide bonds. The van der Waals surface area contributed by atoms with Crippen LogP contribution in [0.4, 0.5) is 18.9 Å². The van der Waals surface area contributed by atoms with Crippen LogP contribution in [-0.2, 0) is 11.0 Å². The number of benzene rings is 3. The number of hydrogen-bond acceptors (Lipinski definition) is 3. The first kappa shape index (κ1) is 21.8. The number of amides is 2. The molecule has 0 aliphatic rings. The first-order chi connectivity index (χ1) is 14.8. The second-order valence-corrected chi connectivity index (χ2v) is 6.47. The number of hydroxylamine groups is 1. The Hall–Kier alpha value is -3.91. The predicted octanol–water partition coefficient (Wildman–Crippen LogP) is 5.14. The molecule has 3 rings (SSSR count). The summed E-state index contributed by atoms with van der Waals surface area (Å²) in [5.74, 6) is -1.44. The lowest BCUT2D eigenvalue weighted by atomic mass is 9.98. The van der Waals surface area contributed by atoms with Gasteiger partial charge in [0.2, 0.25) is 0 Å². The van der Waals surface area contributed by atoms with Gasteiger partial charge in [0.15, 0.2) is 0 Å². The van der Waals surface area contributed by atoms with E-state index in [0.717, 1.165) is 12.1 Å². The van der Waals surface area contributed by atoms with E-state index in [-0.39, 0.29) is 16.8 Å². The van der Waals surface area contributed by atoms with Crippen molar-refractivity contribution >= 4 is 23.6 Å². The van der Waals surface area contributed by atoms with E-state index in [0.29, 0.717) is 11.1 Å². The Kier molecular flexibility index (Phi) is 6.52. The molecule has 0 fully saturated rings. The maximum absolute atomic E-state index is 13.7. The van der Waals surface area contributed by atoms with Gasteiger partial charge in [-0.15, -0.1) is 0 Å². The molecule has 5 nitrogen and oxygen atoms in total. The normalized spacial score (nSPS) is 11.4. The molecule has 0 saturated heterocycles. The van der Waals surface area contributed by atoms with Crippen LogP contribution >= 0.6 is 0 Å². The molecule has 0 bridgehead atoms. The van der Waals surface area contributed by atoms with Gasteiger partial charge in [-0.25, -0.2) is 5.48 Å². The lowest BCUT2D eigenvalue weighted by Crippen LogP contribution is -2.16. The van der Waals surface area contributed by atoms with Gasteiger partial charge >= 0.3 is 6.18 Å². The van der Waals surface area contributed by atoms with Crippen LogP contribution in [0, 0.1) is 0 Å². The average Bonchev–Trinajstić information content (AvgIpc) is 2.77. The highest BCUT2D eigenvalue weighted by atomic mass is 19.4. The zero-order chi connectivity index (χ0) is 22.4. The van der Waals surface area contributed by atoms with Crippen molar-refractivity contribution in [2.45, 2.75) is 6.18 Å². The minimum absolute atomic E-state index is 0.00412. The van der Waals surface area contributed by atoms with E-state index in [1.807, 2.05) is 0 Å². The van der Waals surface area contributed by atoms with Crippen LogP contribution in [0.3, 0.4) is 0 Å². The number of rotatable bonds is 5. The van der Waals surface area contributed by atoms with Crippen LogP contribution in [0.25, 0.3) is 17.2 Å². The van der Waals surface area contributed by atoms with Crippen molar-refractivity contribution in [2.24, 2.45) is 0 Å². The summed E-state index contributed by atoms with van der Waals surface area (Å²) in [6.45, 7) is 0. The van der Waals surface area contributed by atoms with Gasteiger partial charge in [0.25, 0.3) is 11.8 Å². The van der Waals surface area contributed by atoms with E-state index in [4.69, 9.17) is 5.21 Å². The zero-order valence-electron chi connectivity index (χ0n) is 16.0. The number of nitrogens with one attached hydrogen (secondary N) is 2. The summed E-state index contributed by atoms with van der Waals surface area (Å²) in [4.78, 5) is 23.9. The molecule has 0 aliphatic carbocycles. The molecule has 8 heteroatoms. The van der Waals surface area contributed by atoms with Crippen molar-refractivity contribution < 1.29 is 28.0 Å². The van der Waals surface area contributed by atoms with Crippen molar-refractivity contribution in [3.05, 3.63) is 95.6 Å². The summed E-state index contributed by atoms with van der Waals surface area (Å²) < 4.78 is 41.0. The second-order valence-electron chi connectivity index (χ2n) is 6.47. The van der Waals surface area contributed by atoms with E-state index >= 15 is 0 Å². The van der Waals surface area contributed by atoms with Crippen LogP contribution in [0.15, 0.2) is 78.9 Å². The van der Waals surface area contributed by atoms with Gasteiger partial charge < -0.3 is 5.32 Å². The number of carbonyl (C=O) groups excluding carboxylic acids is 2. The molecular weight excluding hydrogens is 409 g/mol. The van der Waals surface area contributed by atoms with Crippen molar-refractivity contribution in [3.63, 3.8) is 0 Å². The molecule has 0 atom stereocenters. The van der Waals surface area contributed by atoms with Gasteiger partial charge in [-0.05, 0) is 41.0 Å². The van der Waals surface area contributed by atoms with Gasteiger partial charge in [0.1, 0.15) is 0 Å². The molecule has 0 unspecified atom stereocenters. The van der Waals surface area contributed by atoms with Gasteiger partial charge in [-0.3, -0.25) is 14.8 Å². The molecule has 3 aromatic carbocycles. The lowest BCUT2D eigenvalue weighted by Gasteiger charge is -2.16. The largest absolute Gasteiger partial charge is 0.417 e. The van der Waals surface area contributed by atoms with Crippen LogP contribution < -0.4 is 10.8 Å². The molecule has 0 aromatic heterocycles. The molecule has 0 saturated carbocycles. The fourth-order valence-corrected chi connectivity index (χ4v) is 2.98. The quantitative estimate of drug-likeness (QED) is 0.300. The minimum atomic E-state index is -4.62. The fraction of sp³-hybridized carbons (Fsp3) is 0.0435.